The first kappa shape index (κ1) is 10.5. The summed E-state index contributed by atoms with van der Waals surface area (Å²) in [6.45, 7) is 1.56. The molecule has 1 rings (SSSR count). The van der Waals surface area contributed by atoms with Crippen molar-refractivity contribution in [3.05, 3.63) is 33.9 Å². The zero-order valence-electron chi connectivity index (χ0n) is 8.11. The summed E-state index contributed by atoms with van der Waals surface area (Å²) in [6, 6.07) is 1.21. The fraction of sp³-hybridized carbons (Fsp3) is 0.300. The summed E-state index contributed by atoms with van der Waals surface area (Å²) >= 11 is 0. The Morgan fingerprint density at radius 1 is 1.64 bits per heavy atom. The highest BCUT2D eigenvalue weighted by Crippen LogP contribution is 2.20. The number of aliphatic hydroxyl groups excluding tert-OH is 1. The van der Waals surface area contributed by atoms with Gasteiger partial charge in [0.25, 0.3) is 0 Å². The first-order chi connectivity index (χ1) is 6.72. The first-order valence-corrected chi connectivity index (χ1v) is 4.17. The number of rotatable bonds is 3. The lowest BCUT2D eigenvalue weighted by Crippen LogP contribution is -2.04. The molecular weight excluding hydrogens is 184 g/mol. The molecule has 14 heavy (non-hydrogen) atoms. The Hall–Kier alpha value is -1.55. The second-order valence-corrected chi connectivity index (χ2v) is 2.63. The van der Waals surface area contributed by atoms with Crippen molar-refractivity contribution in [3.63, 3.8) is 0 Å². The Balaban J connectivity index is 3.39. The van der Waals surface area contributed by atoms with Crippen LogP contribution in [0.4, 0.5) is 0 Å². The quantitative estimate of drug-likeness (QED) is 0.788. The maximum absolute atomic E-state index is 11.1. The van der Waals surface area contributed by atoms with Crippen molar-refractivity contribution < 1.29 is 14.3 Å². The van der Waals surface area contributed by atoms with Crippen molar-refractivity contribution in [1.82, 2.24) is 0 Å². The van der Waals surface area contributed by atoms with Gasteiger partial charge in [0, 0.05) is 0 Å². The van der Waals surface area contributed by atoms with Crippen molar-refractivity contribution in [1.29, 1.82) is 0 Å². The molecule has 1 N–H and O–H groups in total. The van der Waals surface area contributed by atoms with E-state index in [2.05, 4.69) is 0 Å². The molecule has 0 amide bonds. The van der Waals surface area contributed by atoms with Gasteiger partial charge in [-0.1, -0.05) is 6.08 Å². The molecule has 0 atom stereocenters. The minimum atomic E-state index is -0.493. The highest BCUT2D eigenvalue weighted by atomic mass is 16.5. The van der Waals surface area contributed by atoms with Crippen molar-refractivity contribution in [2.75, 3.05) is 7.11 Å². The van der Waals surface area contributed by atoms with Crippen LogP contribution in [0, 0.1) is 0 Å². The van der Waals surface area contributed by atoms with Crippen LogP contribution in [0.2, 0.25) is 0 Å². The summed E-state index contributed by atoms with van der Waals surface area (Å²) in [4.78, 5) is 11.1. The van der Waals surface area contributed by atoms with E-state index in [4.69, 9.17) is 14.3 Å². The summed E-state index contributed by atoms with van der Waals surface area (Å²) in [5.41, 5.74) is -0.0163. The lowest BCUT2D eigenvalue weighted by Gasteiger charge is -2.06. The van der Waals surface area contributed by atoms with E-state index in [0.29, 0.717) is 17.1 Å². The highest BCUT2D eigenvalue weighted by molar-refractivity contribution is 5.51. The van der Waals surface area contributed by atoms with Gasteiger partial charge in [-0.05, 0) is 13.0 Å². The van der Waals surface area contributed by atoms with Gasteiger partial charge in [-0.15, -0.1) is 0 Å². The van der Waals surface area contributed by atoms with Crippen LogP contribution in [0.25, 0.3) is 6.08 Å². The van der Waals surface area contributed by atoms with Gasteiger partial charge in [0.1, 0.15) is 11.5 Å². The van der Waals surface area contributed by atoms with Crippen molar-refractivity contribution in [2.45, 2.75) is 13.5 Å². The molecule has 0 aliphatic rings. The van der Waals surface area contributed by atoms with Gasteiger partial charge in [0.05, 0.1) is 25.3 Å². The number of aliphatic hydroxyl groups is 1. The average Bonchev–Trinajstić information content (AvgIpc) is 2.17. The number of ether oxygens (including phenoxy) is 1. The Labute approximate surface area is 81.4 Å². The predicted molar refractivity (Wildman–Crippen MR) is 52.2 cm³/mol. The number of allylic oxidation sites excluding steroid dienone is 1. The molecule has 0 aromatic carbocycles. The van der Waals surface area contributed by atoms with E-state index in [9.17, 15) is 4.79 Å². The van der Waals surface area contributed by atoms with Crippen LogP contribution < -0.4 is 10.4 Å². The minimum Gasteiger partial charge on any atom is -0.496 e. The van der Waals surface area contributed by atoms with E-state index in [1.54, 1.807) is 19.1 Å². The molecule has 4 heteroatoms. The lowest BCUT2D eigenvalue weighted by atomic mass is 10.2. The van der Waals surface area contributed by atoms with Gasteiger partial charge in [0.15, 0.2) is 0 Å². The maximum Gasteiger partial charge on any atom is 0.339 e. The first-order valence-electron chi connectivity index (χ1n) is 4.17. The number of hydrogen-bond acceptors (Lipinski definition) is 4. The third kappa shape index (κ3) is 2.03. The van der Waals surface area contributed by atoms with Gasteiger partial charge < -0.3 is 14.3 Å². The molecule has 0 saturated carbocycles. The second kappa shape index (κ2) is 4.62. The molecule has 0 aliphatic heterocycles. The van der Waals surface area contributed by atoms with Crippen molar-refractivity contribution >= 4 is 6.08 Å². The fourth-order valence-corrected chi connectivity index (χ4v) is 1.14. The molecule has 4 nitrogen and oxygen atoms in total. The lowest BCUT2D eigenvalue weighted by molar-refractivity contribution is 0.266. The monoisotopic (exact) mass is 196 g/mol. The summed E-state index contributed by atoms with van der Waals surface area (Å²) in [7, 11) is 1.44. The van der Waals surface area contributed by atoms with Crippen LogP contribution in [0.1, 0.15) is 18.2 Å². The van der Waals surface area contributed by atoms with Gasteiger partial charge in [-0.3, -0.25) is 0 Å². The zero-order chi connectivity index (χ0) is 10.6. The fourth-order valence-electron chi connectivity index (χ4n) is 1.14. The highest BCUT2D eigenvalue weighted by Gasteiger charge is 2.10. The Morgan fingerprint density at radius 2 is 2.36 bits per heavy atom. The van der Waals surface area contributed by atoms with E-state index in [0.717, 1.165) is 0 Å². The average molecular weight is 196 g/mol. The molecule has 0 saturated heterocycles. The minimum absolute atomic E-state index is 0.230. The van der Waals surface area contributed by atoms with Crippen LogP contribution in [0.3, 0.4) is 0 Å². The summed E-state index contributed by atoms with van der Waals surface area (Å²) in [5.74, 6) is 0.677. The Bertz CT molecular complexity index is 390. The smallest absolute Gasteiger partial charge is 0.339 e. The van der Waals surface area contributed by atoms with Gasteiger partial charge >= 0.3 is 5.63 Å². The maximum atomic E-state index is 11.1. The molecule has 1 aromatic heterocycles. The van der Waals surface area contributed by atoms with Gasteiger partial charge in [0.2, 0.25) is 0 Å². The van der Waals surface area contributed by atoms with E-state index in [1.165, 1.54) is 13.2 Å². The standard InChI is InChI=1S/C10H12O4/c1-3-4-8-7(6-11)9(13-2)5-10(12)14-8/h3-5,11H,6H2,1-2H3. The molecular formula is C10H12O4. The molecule has 0 spiro atoms. The topological polar surface area (TPSA) is 59.7 Å². The van der Waals surface area contributed by atoms with Gasteiger partial charge in [-0.25, -0.2) is 4.79 Å². The third-order valence-corrected chi connectivity index (χ3v) is 1.75. The molecule has 1 heterocycles. The molecule has 1 aromatic rings. The van der Waals surface area contributed by atoms with Crippen LogP contribution >= 0.6 is 0 Å². The number of hydrogen-bond donors (Lipinski definition) is 1. The van der Waals surface area contributed by atoms with E-state index < -0.39 is 5.63 Å². The van der Waals surface area contributed by atoms with E-state index in [-0.39, 0.29) is 6.61 Å². The summed E-state index contributed by atoms with van der Waals surface area (Å²) in [6.07, 6.45) is 3.33. The Morgan fingerprint density at radius 3 is 2.86 bits per heavy atom. The van der Waals surface area contributed by atoms with Crippen molar-refractivity contribution in [3.8, 4) is 5.75 Å². The third-order valence-electron chi connectivity index (χ3n) is 1.75. The number of methoxy groups -OCH3 is 1. The predicted octanol–water partition coefficient (Wildman–Crippen LogP) is 1.17. The summed E-state index contributed by atoms with van der Waals surface area (Å²) < 4.78 is 9.85. The second-order valence-electron chi connectivity index (χ2n) is 2.63. The molecule has 0 unspecified atom stereocenters. The van der Waals surface area contributed by atoms with Crippen LogP contribution in [0.5, 0.6) is 5.75 Å². The largest absolute Gasteiger partial charge is 0.496 e. The van der Waals surface area contributed by atoms with Crippen LogP contribution in [0.15, 0.2) is 21.4 Å². The molecule has 0 bridgehead atoms. The molecule has 76 valence electrons. The summed E-state index contributed by atoms with van der Waals surface area (Å²) in [5, 5.41) is 9.07. The van der Waals surface area contributed by atoms with Crippen molar-refractivity contribution in [2.24, 2.45) is 0 Å². The van der Waals surface area contributed by atoms with Crippen LogP contribution in [-0.2, 0) is 6.61 Å². The normalized spacial score (nSPS) is 10.8. The van der Waals surface area contributed by atoms with E-state index in [1.807, 2.05) is 0 Å². The molecule has 0 aliphatic carbocycles. The molecule has 0 fully saturated rings. The zero-order valence-corrected chi connectivity index (χ0v) is 8.11. The SMILES string of the molecule is CC=Cc1oc(=O)cc(OC)c1CO. The van der Waals surface area contributed by atoms with Crippen LogP contribution in [-0.4, -0.2) is 12.2 Å². The van der Waals surface area contributed by atoms with Gasteiger partial charge in [-0.2, -0.15) is 0 Å². The Kier molecular flexibility index (Phi) is 3.48. The molecule has 0 radical (unpaired) electrons. The van der Waals surface area contributed by atoms with E-state index >= 15 is 0 Å².